The normalized spacial score (nSPS) is 15.6. The molecule has 0 aliphatic rings. The van der Waals surface area contributed by atoms with Crippen LogP contribution >= 0.6 is 0 Å². The summed E-state index contributed by atoms with van der Waals surface area (Å²) in [6, 6.07) is 0. The van der Waals surface area contributed by atoms with Gasteiger partial charge >= 0.3 is 5.97 Å². The lowest BCUT2D eigenvalue weighted by atomic mass is 10.1. The fraction of sp³-hybridized carbons (Fsp3) is 0.857. The van der Waals surface area contributed by atoms with Gasteiger partial charge in [0.15, 0.2) is 0 Å². The van der Waals surface area contributed by atoms with Crippen LogP contribution in [0.3, 0.4) is 0 Å². The molecule has 0 aliphatic heterocycles. The number of carbonyl (C=O) groups is 1. The van der Waals surface area contributed by atoms with E-state index in [-0.39, 0.29) is 12.8 Å². The first-order valence-electron chi connectivity index (χ1n) is 3.49. The third kappa shape index (κ3) is 5.82. The van der Waals surface area contributed by atoms with E-state index in [0.29, 0.717) is 0 Å². The van der Waals surface area contributed by atoms with Crippen LogP contribution in [0.1, 0.15) is 19.8 Å². The van der Waals surface area contributed by atoms with Gasteiger partial charge in [-0.2, -0.15) is 0 Å². The SMILES string of the molecule is COC(=O)C[C@H](O)C[C@@H](C)O. The van der Waals surface area contributed by atoms with E-state index in [9.17, 15) is 4.79 Å². The smallest absolute Gasteiger partial charge is 0.308 e. The topological polar surface area (TPSA) is 66.8 Å². The van der Waals surface area contributed by atoms with Gasteiger partial charge in [-0.3, -0.25) is 4.79 Å². The van der Waals surface area contributed by atoms with Crippen LogP contribution in [-0.2, 0) is 9.53 Å². The Morgan fingerprint density at radius 3 is 2.45 bits per heavy atom. The summed E-state index contributed by atoms with van der Waals surface area (Å²) in [4.78, 5) is 10.5. The number of methoxy groups -OCH3 is 1. The molecule has 0 amide bonds. The van der Waals surface area contributed by atoms with E-state index in [1.807, 2.05) is 0 Å². The highest BCUT2D eigenvalue weighted by Crippen LogP contribution is 2.02. The van der Waals surface area contributed by atoms with Gasteiger partial charge in [-0.15, -0.1) is 0 Å². The molecule has 2 N–H and O–H groups in total. The first-order valence-corrected chi connectivity index (χ1v) is 3.49. The van der Waals surface area contributed by atoms with Gasteiger partial charge in [-0.05, 0) is 13.3 Å². The van der Waals surface area contributed by atoms with Gasteiger partial charge in [0.05, 0.1) is 25.7 Å². The number of carbonyl (C=O) groups excluding carboxylic acids is 1. The van der Waals surface area contributed by atoms with Crippen LogP contribution in [0, 0.1) is 0 Å². The number of hydrogen-bond acceptors (Lipinski definition) is 4. The fourth-order valence-electron chi connectivity index (χ4n) is 0.753. The highest BCUT2D eigenvalue weighted by molar-refractivity contribution is 5.69. The van der Waals surface area contributed by atoms with Crippen LogP contribution in [0.15, 0.2) is 0 Å². The molecular formula is C7H14O4. The third-order valence-corrected chi connectivity index (χ3v) is 1.24. The van der Waals surface area contributed by atoms with Gasteiger partial charge < -0.3 is 14.9 Å². The van der Waals surface area contributed by atoms with Crippen LogP contribution in [0.5, 0.6) is 0 Å². The molecule has 0 unspecified atom stereocenters. The van der Waals surface area contributed by atoms with E-state index in [1.54, 1.807) is 6.92 Å². The number of aliphatic hydroxyl groups is 2. The average Bonchev–Trinajstić information content (AvgIpc) is 1.85. The van der Waals surface area contributed by atoms with Crippen LogP contribution in [0.2, 0.25) is 0 Å². The van der Waals surface area contributed by atoms with E-state index < -0.39 is 18.2 Å². The molecular weight excluding hydrogens is 148 g/mol. The Balaban J connectivity index is 3.51. The van der Waals surface area contributed by atoms with Gasteiger partial charge in [0.1, 0.15) is 0 Å². The summed E-state index contributed by atoms with van der Waals surface area (Å²) in [7, 11) is 1.26. The minimum absolute atomic E-state index is 0.0542. The molecule has 4 nitrogen and oxygen atoms in total. The average molecular weight is 162 g/mol. The second kappa shape index (κ2) is 5.09. The summed E-state index contributed by atoms with van der Waals surface area (Å²) >= 11 is 0. The molecule has 0 aliphatic carbocycles. The predicted molar refractivity (Wildman–Crippen MR) is 38.9 cm³/mol. The zero-order chi connectivity index (χ0) is 8.85. The zero-order valence-corrected chi connectivity index (χ0v) is 6.78. The summed E-state index contributed by atoms with van der Waals surface area (Å²) in [5, 5.41) is 17.9. The van der Waals surface area contributed by atoms with Crippen LogP contribution < -0.4 is 0 Å². The van der Waals surface area contributed by atoms with Crippen LogP contribution in [0.4, 0.5) is 0 Å². The van der Waals surface area contributed by atoms with Crippen molar-refractivity contribution in [3.8, 4) is 0 Å². The van der Waals surface area contributed by atoms with Gasteiger partial charge in [-0.1, -0.05) is 0 Å². The van der Waals surface area contributed by atoms with Crippen molar-refractivity contribution < 1.29 is 19.7 Å². The lowest BCUT2D eigenvalue weighted by Crippen LogP contribution is -2.19. The highest BCUT2D eigenvalue weighted by Gasteiger charge is 2.12. The first-order chi connectivity index (χ1) is 5.06. The molecule has 2 atom stereocenters. The third-order valence-electron chi connectivity index (χ3n) is 1.24. The van der Waals surface area contributed by atoms with Crippen LogP contribution in [0.25, 0.3) is 0 Å². The van der Waals surface area contributed by atoms with Gasteiger partial charge in [-0.25, -0.2) is 0 Å². The van der Waals surface area contributed by atoms with Crippen molar-refractivity contribution in [2.75, 3.05) is 7.11 Å². The van der Waals surface area contributed by atoms with Crippen molar-refractivity contribution in [3.63, 3.8) is 0 Å². The van der Waals surface area contributed by atoms with Crippen molar-refractivity contribution in [2.45, 2.75) is 32.0 Å². The first kappa shape index (κ1) is 10.4. The summed E-state index contributed by atoms with van der Waals surface area (Å²) in [6.07, 6.45) is -1.24. The lowest BCUT2D eigenvalue weighted by molar-refractivity contribution is -0.143. The Labute approximate surface area is 65.8 Å². The molecule has 0 saturated heterocycles. The molecule has 0 aromatic heterocycles. The summed E-state index contributed by atoms with van der Waals surface area (Å²) in [5.74, 6) is -0.460. The van der Waals surface area contributed by atoms with Crippen LogP contribution in [-0.4, -0.2) is 35.5 Å². The molecule has 0 fully saturated rings. The Hall–Kier alpha value is -0.610. The molecule has 4 heteroatoms. The molecule has 0 saturated carbocycles. The molecule has 0 bridgehead atoms. The molecule has 0 heterocycles. The largest absolute Gasteiger partial charge is 0.469 e. The zero-order valence-electron chi connectivity index (χ0n) is 6.78. The van der Waals surface area contributed by atoms with E-state index in [1.165, 1.54) is 7.11 Å². The molecule has 0 aromatic rings. The molecule has 0 spiro atoms. The maximum Gasteiger partial charge on any atom is 0.308 e. The van der Waals surface area contributed by atoms with Crippen molar-refractivity contribution in [3.05, 3.63) is 0 Å². The minimum atomic E-state index is -0.803. The van der Waals surface area contributed by atoms with Gasteiger partial charge in [0.25, 0.3) is 0 Å². The maximum absolute atomic E-state index is 10.5. The molecule has 66 valence electrons. The Morgan fingerprint density at radius 2 is 2.09 bits per heavy atom. The fourth-order valence-corrected chi connectivity index (χ4v) is 0.753. The quantitative estimate of drug-likeness (QED) is 0.556. The lowest BCUT2D eigenvalue weighted by Gasteiger charge is -2.10. The number of aliphatic hydroxyl groups excluding tert-OH is 2. The molecule has 0 rings (SSSR count). The van der Waals surface area contributed by atoms with Crippen molar-refractivity contribution in [1.82, 2.24) is 0 Å². The summed E-state index contributed by atoms with van der Waals surface area (Å²) in [6.45, 7) is 1.56. The van der Waals surface area contributed by atoms with E-state index in [0.717, 1.165) is 0 Å². The highest BCUT2D eigenvalue weighted by atomic mass is 16.5. The van der Waals surface area contributed by atoms with E-state index in [4.69, 9.17) is 10.2 Å². The summed E-state index contributed by atoms with van der Waals surface area (Å²) < 4.78 is 4.32. The Bertz CT molecular complexity index is 122. The number of ether oxygens (including phenoxy) is 1. The molecule has 11 heavy (non-hydrogen) atoms. The monoisotopic (exact) mass is 162 g/mol. The Morgan fingerprint density at radius 1 is 1.55 bits per heavy atom. The number of esters is 1. The summed E-state index contributed by atoms with van der Waals surface area (Å²) in [5.41, 5.74) is 0. The number of hydrogen-bond donors (Lipinski definition) is 2. The molecule has 0 radical (unpaired) electrons. The van der Waals surface area contributed by atoms with E-state index in [2.05, 4.69) is 4.74 Å². The van der Waals surface area contributed by atoms with Crippen molar-refractivity contribution in [1.29, 1.82) is 0 Å². The van der Waals surface area contributed by atoms with Gasteiger partial charge in [0.2, 0.25) is 0 Å². The second-order valence-corrected chi connectivity index (χ2v) is 2.52. The predicted octanol–water partition coefficient (Wildman–Crippen LogP) is -0.319. The second-order valence-electron chi connectivity index (χ2n) is 2.52. The number of rotatable bonds is 4. The van der Waals surface area contributed by atoms with Crippen molar-refractivity contribution >= 4 is 5.97 Å². The van der Waals surface area contributed by atoms with E-state index >= 15 is 0 Å². The van der Waals surface area contributed by atoms with Crippen molar-refractivity contribution in [2.24, 2.45) is 0 Å². The Kier molecular flexibility index (Phi) is 4.81. The molecule has 0 aromatic carbocycles. The maximum atomic E-state index is 10.5. The standard InChI is InChI=1S/C7H14O4/c1-5(8)3-6(9)4-7(10)11-2/h5-6,8-9H,3-4H2,1-2H3/t5-,6-/m1/s1. The van der Waals surface area contributed by atoms with Gasteiger partial charge in [0, 0.05) is 0 Å². The minimum Gasteiger partial charge on any atom is -0.469 e.